The van der Waals surface area contributed by atoms with Crippen LogP contribution < -0.4 is 18.3 Å². The monoisotopic (exact) mass is 855 g/mol. The number of pyridine rings is 4. The third-order valence-corrected chi connectivity index (χ3v) is 12.3. The van der Waals surface area contributed by atoms with Gasteiger partial charge in [0.15, 0.2) is 23.8 Å². The molecular weight excluding hydrogens is 777 g/mol. The van der Waals surface area contributed by atoms with Gasteiger partial charge in [-0.1, -0.05) is 72.8 Å². The lowest BCUT2D eigenvalue weighted by atomic mass is 9.99. The number of hydrogen-bond acceptors (Lipinski definition) is 0. The molecule has 8 aromatic rings. The van der Waals surface area contributed by atoms with Crippen LogP contribution in [0.5, 0.6) is 0 Å². The Kier molecular flexibility index (Phi) is 13.7. The SMILES string of the molecule is Cc1ccc(-c2c(C)cccc2C)[n+](C)c1.Cc1ccccc1-c1ccc(C)c(C)[n+]1C.[2H]C([2H])([2H])c1ccc(-c2c(C)cccc2C)[n+](C)c1.[2H]C([2H])([2H])c1ccc(-c2ccccc2C)[n+](C)c1C. The Hall–Kier alpha value is -6.52. The lowest BCUT2D eigenvalue weighted by molar-refractivity contribution is -0.667. The molecule has 0 aliphatic rings. The molecule has 64 heavy (non-hydrogen) atoms. The molecule has 0 saturated carbocycles. The van der Waals surface area contributed by atoms with Gasteiger partial charge in [0.1, 0.15) is 28.2 Å². The van der Waals surface area contributed by atoms with Crippen molar-refractivity contribution in [2.75, 3.05) is 0 Å². The maximum absolute atomic E-state index is 7.55. The first-order chi connectivity index (χ1) is 32.8. The highest BCUT2D eigenvalue weighted by Crippen LogP contribution is 2.26. The quantitative estimate of drug-likeness (QED) is 0.157. The standard InChI is InChI=1S/4C15H18N/c2*1-11-8-9-14(16(4)10-11)15-12(2)6-5-7-13(15)3;2*1-11-9-10-15(16(4)13(11)3)14-8-6-5-7-12(14)2/h4*5-10H,1-4H3/q4*+1/i1D3;;1D3;. The molecule has 0 aliphatic heterocycles. The maximum Gasteiger partial charge on any atom is 0.212 e. The second-order valence-electron chi connectivity index (χ2n) is 17.1. The van der Waals surface area contributed by atoms with Gasteiger partial charge in [-0.25, -0.2) is 9.13 Å². The van der Waals surface area contributed by atoms with Crippen molar-refractivity contribution < 1.29 is 26.5 Å². The van der Waals surface area contributed by atoms with Gasteiger partial charge >= 0.3 is 0 Å². The van der Waals surface area contributed by atoms with Crippen molar-refractivity contribution in [3.05, 3.63) is 213 Å². The van der Waals surface area contributed by atoms with E-state index in [1.807, 2.05) is 60.5 Å². The third-order valence-electron chi connectivity index (χ3n) is 12.3. The average molecular weight is 855 g/mol. The summed E-state index contributed by atoms with van der Waals surface area (Å²) in [4.78, 5) is 0. The van der Waals surface area contributed by atoms with Gasteiger partial charge in [-0.2, -0.15) is 9.13 Å². The van der Waals surface area contributed by atoms with Gasteiger partial charge in [-0.3, -0.25) is 0 Å². The van der Waals surface area contributed by atoms with Crippen molar-refractivity contribution in [3.63, 3.8) is 0 Å². The second-order valence-corrected chi connectivity index (χ2v) is 17.1. The van der Waals surface area contributed by atoms with Crippen molar-refractivity contribution in [2.45, 2.75) is 82.9 Å². The summed E-state index contributed by atoms with van der Waals surface area (Å²) in [7, 11) is 8.03. The predicted molar refractivity (Wildman–Crippen MR) is 269 cm³/mol. The summed E-state index contributed by atoms with van der Waals surface area (Å²) in [6.45, 7) is 16.9. The zero-order valence-electron chi connectivity index (χ0n) is 46.6. The fourth-order valence-corrected chi connectivity index (χ4v) is 8.21. The van der Waals surface area contributed by atoms with Crippen LogP contribution in [0.4, 0.5) is 0 Å². The number of nitrogens with zero attached hydrogens (tertiary/aromatic N) is 4. The molecular formula is C60H72N4+4. The second kappa shape index (κ2) is 21.7. The predicted octanol–water partition coefficient (Wildman–Crippen LogP) is 12.4. The highest BCUT2D eigenvalue weighted by atomic mass is 15.0. The van der Waals surface area contributed by atoms with Crippen LogP contribution in [-0.4, -0.2) is 0 Å². The summed E-state index contributed by atoms with van der Waals surface area (Å²) in [5.74, 6) is 0. The van der Waals surface area contributed by atoms with Crippen LogP contribution in [0, 0.1) is 82.9 Å². The molecule has 0 unspecified atom stereocenters. The molecule has 0 atom stereocenters. The van der Waals surface area contributed by atoms with Crippen LogP contribution in [-0.2, 0) is 28.2 Å². The molecule has 0 fully saturated rings. The maximum atomic E-state index is 7.55. The Morgan fingerprint density at radius 1 is 0.312 bits per heavy atom. The molecule has 0 saturated heterocycles. The van der Waals surface area contributed by atoms with E-state index in [0.29, 0.717) is 11.1 Å². The first-order valence-corrected chi connectivity index (χ1v) is 22.0. The van der Waals surface area contributed by atoms with E-state index < -0.39 is 13.7 Å². The molecule has 8 rings (SSSR count). The molecule has 0 spiro atoms. The Morgan fingerprint density at radius 2 is 0.672 bits per heavy atom. The van der Waals surface area contributed by atoms with Crippen LogP contribution >= 0.6 is 0 Å². The van der Waals surface area contributed by atoms with Crippen LogP contribution in [0.2, 0.25) is 0 Å². The van der Waals surface area contributed by atoms with Gasteiger partial charge in [-0.05, 0) is 139 Å². The average Bonchev–Trinajstić information content (AvgIpc) is 3.28. The van der Waals surface area contributed by atoms with E-state index in [1.165, 1.54) is 78.3 Å². The van der Waals surface area contributed by atoms with Crippen molar-refractivity contribution >= 4 is 0 Å². The minimum atomic E-state index is -2.06. The van der Waals surface area contributed by atoms with E-state index in [-0.39, 0.29) is 0 Å². The molecule has 328 valence electrons. The third kappa shape index (κ3) is 11.5. The number of rotatable bonds is 4. The van der Waals surface area contributed by atoms with E-state index in [4.69, 9.17) is 8.22 Å². The summed E-state index contributed by atoms with van der Waals surface area (Å²) in [5, 5.41) is 0. The van der Waals surface area contributed by atoms with Crippen molar-refractivity contribution in [3.8, 4) is 45.0 Å². The first-order valence-electron chi connectivity index (χ1n) is 25.0. The summed E-state index contributed by atoms with van der Waals surface area (Å²) in [6.07, 6.45) is 3.86. The largest absolute Gasteiger partial charge is 0.212 e. The zero-order valence-corrected chi connectivity index (χ0v) is 40.6. The molecule has 4 nitrogen and oxygen atoms in total. The van der Waals surface area contributed by atoms with Gasteiger partial charge in [0.05, 0.1) is 11.1 Å². The minimum Gasteiger partial charge on any atom is -0.201 e. The normalized spacial score (nSPS) is 12.3. The van der Waals surface area contributed by atoms with Gasteiger partial charge < -0.3 is 0 Å². The molecule has 4 heteroatoms. The van der Waals surface area contributed by atoms with Gasteiger partial charge in [-0.15, -0.1) is 0 Å². The topological polar surface area (TPSA) is 15.5 Å². The van der Waals surface area contributed by atoms with Crippen LogP contribution in [0.3, 0.4) is 0 Å². The Labute approximate surface area is 394 Å². The zero-order chi connectivity index (χ0) is 51.8. The van der Waals surface area contributed by atoms with Crippen LogP contribution in [0.25, 0.3) is 45.0 Å². The fraction of sp³-hybridized carbons (Fsp3) is 0.267. The summed E-state index contributed by atoms with van der Waals surface area (Å²) < 4.78 is 53.3. The highest BCUT2D eigenvalue weighted by Gasteiger charge is 2.18. The molecule has 4 heterocycles. The number of benzene rings is 4. The van der Waals surface area contributed by atoms with E-state index >= 15 is 0 Å². The highest BCUT2D eigenvalue weighted by molar-refractivity contribution is 5.66. The molecule has 0 amide bonds. The van der Waals surface area contributed by atoms with E-state index in [9.17, 15) is 0 Å². The number of aromatic nitrogens is 4. The van der Waals surface area contributed by atoms with Crippen LogP contribution in [0.1, 0.15) is 75.2 Å². The first kappa shape index (κ1) is 40.3. The Bertz CT molecular complexity index is 3090. The Morgan fingerprint density at radius 3 is 1.08 bits per heavy atom. The molecule has 0 aliphatic carbocycles. The van der Waals surface area contributed by atoms with Crippen molar-refractivity contribution in [2.24, 2.45) is 28.2 Å². The van der Waals surface area contributed by atoms with Crippen molar-refractivity contribution in [1.29, 1.82) is 0 Å². The van der Waals surface area contributed by atoms with E-state index in [2.05, 4.69) is 183 Å². The Balaban J connectivity index is 0.000000174. The molecule has 0 radical (unpaired) electrons. The fourth-order valence-electron chi connectivity index (χ4n) is 8.21. The number of aryl methyl sites for hydroxylation is 12. The summed E-state index contributed by atoms with van der Waals surface area (Å²) >= 11 is 0. The van der Waals surface area contributed by atoms with Crippen LogP contribution in [0.15, 0.2) is 146 Å². The lowest BCUT2D eigenvalue weighted by Crippen LogP contribution is -2.35. The van der Waals surface area contributed by atoms with Gasteiger partial charge in [0.25, 0.3) is 0 Å². The minimum absolute atomic E-state index is 0.366. The van der Waals surface area contributed by atoms with Gasteiger partial charge in [0, 0.05) is 79.7 Å². The van der Waals surface area contributed by atoms with E-state index in [1.54, 1.807) is 18.3 Å². The molecule has 0 bridgehead atoms. The lowest BCUT2D eigenvalue weighted by Gasteiger charge is -2.07. The molecule has 4 aromatic heterocycles. The summed E-state index contributed by atoms with van der Waals surface area (Å²) in [5.41, 5.74) is 22.6. The molecule has 4 aromatic carbocycles. The van der Waals surface area contributed by atoms with Gasteiger partial charge in [0.2, 0.25) is 22.8 Å². The van der Waals surface area contributed by atoms with Crippen molar-refractivity contribution in [1.82, 2.24) is 0 Å². The van der Waals surface area contributed by atoms with E-state index in [0.717, 1.165) is 22.6 Å². The molecule has 0 N–H and O–H groups in total. The smallest absolute Gasteiger partial charge is 0.201 e. The summed E-state index contributed by atoms with van der Waals surface area (Å²) in [6, 6.07) is 45.2. The number of hydrogen-bond donors (Lipinski definition) is 0.